The maximum Gasteiger partial charge on any atom is 0.508 e. The summed E-state index contributed by atoms with van der Waals surface area (Å²) < 4.78 is 22.9. The van der Waals surface area contributed by atoms with Crippen molar-refractivity contribution >= 4 is 40.1 Å². The van der Waals surface area contributed by atoms with Gasteiger partial charge >= 0.3 is 6.16 Å². The first-order chi connectivity index (χ1) is 22.7. The molecule has 0 bridgehead atoms. The van der Waals surface area contributed by atoms with Gasteiger partial charge in [-0.05, 0) is 79.2 Å². The van der Waals surface area contributed by atoms with E-state index in [1.54, 1.807) is 0 Å². The number of amides is 1. The lowest BCUT2D eigenvalue weighted by molar-refractivity contribution is -0.118. The van der Waals surface area contributed by atoms with Crippen LogP contribution in [0.5, 0.6) is 11.5 Å². The van der Waals surface area contributed by atoms with Gasteiger partial charge in [-0.3, -0.25) is 9.69 Å². The Hall–Kier alpha value is -3.34. The van der Waals surface area contributed by atoms with Crippen molar-refractivity contribution in [3.05, 3.63) is 69.7 Å². The molecule has 2 saturated carbocycles. The highest BCUT2D eigenvalue weighted by Gasteiger charge is 2.52. The van der Waals surface area contributed by atoms with Crippen LogP contribution in [0.25, 0.3) is 0 Å². The summed E-state index contributed by atoms with van der Waals surface area (Å²) in [6.07, 6.45) is 6.16. The van der Waals surface area contributed by atoms with Gasteiger partial charge in [0.25, 0.3) is 0 Å². The van der Waals surface area contributed by atoms with E-state index >= 15 is 0 Å². The molecule has 9 nitrogen and oxygen atoms in total. The summed E-state index contributed by atoms with van der Waals surface area (Å²) >= 11 is 8.20. The summed E-state index contributed by atoms with van der Waals surface area (Å²) in [7, 11) is 0. The van der Waals surface area contributed by atoms with Crippen LogP contribution in [-0.4, -0.2) is 54.0 Å². The lowest BCUT2D eigenvalue weighted by atomic mass is 9.75. The summed E-state index contributed by atoms with van der Waals surface area (Å²) in [5.74, 6) is 2.64. The number of carbonyl (C=O) groups is 2. The number of aromatic nitrogens is 1. The Balaban J connectivity index is 1.04. The van der Waals surface area contributed by atoms with Gasteiger partial charge in [0.15, 0.2) is 16.6 Å². The monoisotopic (exact) mass is 679 g/mol. The van der Waals surface area contributed by atoms with E-state index in [1.165, 1.54) is 17.8 Å². The molecular weight excluding hydrogens is 638 g/mol. The van der Waals surface area contributed by atoms with Crippen LogP contribution in [0, 0.1) is 17.8 Å². The molecule has 0 radical (unpaired) electrons. The minimum Gasteiger partial charge on any atom is -0.454 e. The standard InChI is InChI=1S/C36H42ClN3O6S/c1-21(2)25-10-8-22(3)16-29(25)46-35(42)45-24-12-15-40(19-24)32(26-6-4-5-7-27(26)37)31-18-38-34(47-31)39-33(41)36(13-14-36)23-9-11-28-30(17-23)44-20-43-28/h4-7,9,11,17-18,21-22,24-25,29,32H,8,10,12-16,19-20H2,1-3H3,(H,38,39,41)/t22-,24+,25+,29?,32-/m0/s1. The number of hydrogen-bond acceptors (Lipinski definition) is 9. The second kappa shape index (κ2) is 13.3. The number of anilines is 1. The molecule has 2 aliphatic carbocycles. The molecule has 3 aromatic rings. The fourth-order valence-electron chi connectivity index (χ4n) is 7.50. The maximum atomic E-state index is 13.6. The van der Waals surface area contributed by atoms with Crippen molar-refractivity contribution in [2.24, 2.45) is 17.8 Å². The molecule has 0 spiro atoms. The average Bonchev–Trinajstić information content (AvgIpc) is 3.32. The molecule has 5 atom stereocenters. The Labute approximate surface area is 284 Å². The molecule has 11 heteroatoms. The normalized spacial score (nSPS) is 25.4. The van der Waals surface area contributed by atoms with E-state index < -0.39 is 11.6 Å². The Morgan fingerprint density at radius 2 is 1.89 bits per heavy atom. The van der Waals surface area contributed by atoms with Gasteiger partial charge in [-0.25, -0.2) is 9.78 Å². The molecule has 1 amide bonds. The number of nitrogens with one attached hydrogen (secondary N) is 1. The zero-order chi connectivity index (χ0) is 32.7. The molecule has 4 aliphatic rings. The van der Waals surface area contributed by atoms with E-state index in [2.05, 4.69) is 36.0 Å². The van der Waals surface area contributed by atoms with Crippen LogP contribution in [0.2, 0.25) is 5.02 Å². The average molecular weight is 680 g/mol. The quantitative estimate of drug-likeness (QED) is 0.227. The van der Waals surface area contributed by atoms with Gasteiger partial charge in [-0.1, -0.05) is 74.4 Å². The maximum absolute atomic E-state index is 13.6. The summed E-state index contributed by atoms with van der Waals surface area (Å²) in [5.41, 5.74) is 1.26. The highest BCUT2D eigenvalue weighted by molar-refractivity contribution is 7.15. The van der Waals surface area contributed by atoms with Crippen LogP contribution in [0.15, 0.2) is 48.7 Å². The van der Waals surface area contributed by atoms with Crippen LogP contribution in [0.1, 0.15) is 81.3 Å². The SMILES string of the molecule is CC(C)[C@H]1CC[C@H](C)CC1OC(=O)O[C@@H]1CCN([C@H](c2cnc(NC(=O)C3(c4ccc5c(c4)OCO5)CC3)s2)c2ccccc2Cl)C1. The number of ether oxygens (including phenoxy) is 4. The number of hydrogen-bond donors (Lipinski definition) is 1. The minimum absolute atomic E-state index is 0.0771. The van der Waals surface area contributed by atoms with E-state index in [0.717, 1.165) is 41.7 Å². The lowest BCUT2D eigenvalue weighted by Gasteiger charge is -2.36. The second-order valence-corrected chi connectivity index (χ2v) is 15.3. The molecule has 1 unspecified atom stereocenters. The van der Waals surface area contributed by atoms with Crippen molar-refractivity contribution in [2.45, 2.75) is 83.0 Å². The van der Waals surface area contributed by atoms with Crippen LogP contribution < -0.4 is 14.8 Å². The number of likely N-dealkylation sites (tertiary alicyclic amines) is 1. The molecule has 7 rings (SSSR count). The third-order valence-electron chi connectivity index (χ3n) is 10.3. The Kier molecular flexibility index (Phi) is 9.11. The fourth-order valence-corrected chi connectivity index (χ4v) is 8.71. The lowest BCUT2D eigenvalue weighted by Crippen LogP contribution is -2.37. The second-order valence-electron chi connectivity index (χ2n) is 13.9. The Morgan fingerprint density at radius 1 is 1.09 bits per heavy atom. The van der Waals surface area contributed by atoms with E-state index in [0.29, 0.717) is 58.9 Å². The largest absolute Gasteiger partial charge is 0.508 e. The van der Waals surface area contributed by atoms with Crippen molar-refractivity contribution in [2.75, 3.05) is 25.2 Å². The van der Waals surface area contributed by atoms with E-state index in [-0.39, 0.29) is 30.9 Å². The van der Waals surface area contributed by atoms with Crippen LogP contribution in [0.4, 0.5) is 9.93 Å². The first-order valence-electron chi connectivity index (χ1n) is 16.7. The van der Waals surface area contributed by atoms with Gasteiger partial charge < -0.3 is 24.3 Å². The molecule has 2 aliphatic heterocycles. The van der Waals surface area contributed by atoms with Crippen LogP contribution in [-0.2, 0) is 19.7 Å². The molecular formula is C36H42ClN3O6S. The van der Waals surface area contributed by atoms with Gasteiger partial charge in [0.1, 0.15) is 12.2 Å². The van der Waals surface area contributed by atoms with Crippen molar-refractivity contribution < 1.29 is 28.5 Å². The number of nitrogens with zero attached hydrogens (tertiary/aromatic N) is 2. The predicted molar refractivity (Wildman–Crippen MR) is 180 cm³/mol. The van der Waals surface area contributed by atoms with Gasteiger partial charge in [0.2, 0.25) is 12.7 Å². The minimum atomic E-state index is -0.603. The highest BCUT2D eigenvalue weighted by Crippen LogP contribution is 2.51. The van der Waals surface area contributed by atoms with Gasteiger partial charge in [-0.15, -0.1) is 0 Å². The molecule has 1 aromatic heterocycles. The topological polar surface area (TPSA) is 99.2 Å². The fraction of sp³-hybridized carbons (Fsp3) is 0.528. The van der Waals surface area contributed by atoms with E-state index in [4.69, 9.17) is 30.5 Å². The first-order valence-corrected chi connectivity index (χ1v) is 17.9. The van der Waals surface area contributed by atoms with Gasteiger partial charge in [0.05, 0.1) is 11.5 Å². The molecule has 1 N–H and O–H groups in total. The van der Waals surface area contributed by atoms with Crippen molar-refractivity contribution in [1.82, 2.24) is 9.88 Å². The highest BCUT2D eigenvalue weighted by atomic mass is 35.5. The first kappa shape index (κ1) is 32.2. The third kappa shape index (κ3) is 6.69. The molecule has 3 fully saturated rings. The number of fused-ring (bicyclic) bond motifs is 1. The number of benzene rings is 2. The van der Waals surface area contributed by atoms with Crippen LogP contribution in [0.3, 0.4) is 0 Å². The van der Waals surface area contributed by atoms with Crippen molar-refractivity contribution in [3.63, 3.8) is 0 Å². The van der Waals surface area contributed by atoms with E-state index in [1.807, 2.05) is 48.7 Å². The zero-order valence-corrected chi connectivity index (χ0v) is 28.6. The number of halogens is 1. The molecule has 47 heavy (non-hydrogen) atoms. The number of carbonyl (C=O) groups excluding carboxylic acids is 2. The summed E-state index contributed by atoms with van der Waals surface area (Å²) in [6, 6.07) is 13.3. The molecule has 1 saturated heterocycles. The molecule has 250 valence electrons. The summed E-state index contributed by atoms with van der Waals surface area (Å²) in [6.45, 7) is 8.06. The smallest absolute Gasteiger partial charge is 0.454 e. The number of rotatable bonds is 9. The summed E-state index contributed by atoms with van der Waals surface area (Å²) in [4.78, 5) is 34.5. The molecule has 3 heterocycles. The third-order valence-corrected chi connectivity index (χ3v) is 11.6. The molecule has 2 aromatic carbocycles. The van der Waals surface area contributed by atoms with Crippen molar-refractivity contribution in [3.8, 4) is 11.5 Å². The Morgan fingerprint density at radius 3 is 2.68 bits per heavy atom. The van der Waals surface area contributed by atoms with Crippen molar-refractivity contribution in [1.29, 1.82) is 0 Å². The van der Waals surface area contributed by atoms with Gasteiger partial charge in [0, 0.05) is 29.2 Å². The van der Waals surface area contributed by atoms with E-state index in [9.17, 15) is 9.59 Å². The Bertz CT molecular complexity index is 1630. The summed E-state index contributed by atoms with van der Waals surface area (Å²) in [5, 5.41) is 4.27. The van der Waals surface area contributed by atoms with Crippen LogP contribution >= 0.6 is 22.9 Å². The zero-order valence-electron chi connectivity index (χ0n) is 27.1. The number of thiazole rings is 1. The van der Waals surface area contributed by atoms with Gasteiger partial charge in [-0.2, -0.15) is 0 Å². The predicted octanol–water partition coefficient (Wildman–Crippen LogP) is 7.97.